The van der Waals surface area contributed by atoms with E-state index in [2.05, 4.69) is 13.8 Å². The van der Waals surface area contributed by atoms with E-state index in [0.29, 0.717) is 5.92 Å². The van der Waals surface area contributed by atoms with Crippen LogP contribution in [0.2, 0.25) is 0 Å². The molecule has 0 N–H and O–H groups in total. The Bertz CT molecular complexity index is 330. The van der Waals surface area contributed by atoms with Gasteiger partial charge in [0.1, 0.15) is 0 Å². The van der Waals surface area contributed by atoms with Crippen molar-refractivity contribution in [2.24, 2.45) is 0 Å². The summed E-state index contributed by atoms with van der Waals surface area (Å²) in [6, 6.07) is 6.42. The number of rotatable bonds is 4. The lowest BCUT2D eigenvalue weighted by atomic mass is 9.97. The van der Waals surface area contributed by atoms with Crippen molar-refractivity contribution in [3.63, 3.8) is 0 Å². The molecule has 0 amide bonds. The predicted octanol–water partition coefficient (Wildman–Crippen LogP) is 3.65. The van der Waals surface area contributed by atoms with Crippen molar-refractivity contribution < 1.29 is 13.6 Å². The molecule has 0 aliphatic carbocycles. The molecule has 1 aromatic carbocycles. The lowest BCUT2D eigenvalue weighted by Crippen LogP contribution is -2.10. The van der Waals surface area contributed by atoms with Gasteiger partial charge in [-0.25, -0.2) is 8.78 Å². The number of carbonyl (C=O) groups is 1. The van der Waals surface area contributed by atoms with Crippen molar-refractivity contribution in [3.8, 4) is 0 Å². The van der Waals surface area contributed by atoms with E-state index >= 15 is 0 Å². The van der Waals surface area contributed by atoms with Crippen LogP contribution < -0.4 is 0 Å². The van der Waals surface area contributed by atoms with Crippen molar-refractivity contribution in [3.05, 3.63) is 35.4 Å². The van der Waals surface area contributed by atoms with Crippen LogP contribution in [-0.4, -0.2) is 12.2 Å². The second kappa shape index (κ2) is 5.01. The second-order valence-corrected chi connectivity index (χ2v) is 3.60. The summed E-state index contributed by atoms with van der Waals surface area (Å²) in [5.41, 5.74) is 1.15. The molecular weight excluding hydrogens is 198 g/mol. The van der Waals surface area contributed by atoms with E-state index in [1.54, 1.807) is 12.1 Å². The molecule has 0 heterocycles. The molecule has 0 saturated heterocycles. The van der Waals surface area contributed by atoms with Gasteiger partial charge in [-0.3, -0.25) is 4.79 Å². The summed E-state index contributed by atoms with van der Waals surface area (Å²) in [7, 11) is 0. The summed E-state index contributed by atoms with van der Waals surface area (Å²) >= 11 is 0. The zero-order valence-corrected chi connectivity index (χ0v) is 8.84. The predicted molar refractivity (Wildman–Crippen MR) is 55.5 cm³/mol. The van der Waals surface area contributed by atoms with Gasteiger partial charge in [-0.1, -0.05) is 38.1 Å². The minimum Gasteiger partial charge on any atom is -0.288 e. The van der Waals surface area contributed by atoms with Crippen LogP contribution in [0.4, 0.5) is 8.78 Å². The molecule has 0 radical (unpaired) electrons. The molecule has 82 valence electrons. The Morgan fingerprint density at radius 2 is 1.80 bits per heavy atom. The van der Waals surface area contributed by atoms with Crippen molar-refractivity contribution >= 4 is 5.78 Å². The van der Waals surface area contributed by atoms with Crippen LogP contribution in [0.1, 0.15) is 42.1 Å². The van der Waals surface area contributed by atoms with E-state index < -0.39 is 12.2 Å². The van der Waals surface area contributed by atoms with Gasteiger partial charge in [0.05, 0.1) is 0 Å². The molecule has 15 heavy (non-hydrogen) atoms. The smallest absolute Gasteiger partial charge is 0.288 e. The SMILES string of the molecule is CC[C@H](C)c1ccc(C(=O)C(F)F)cc1. The first-order chi connectivity index (χ1) is 7.06. The highest BCUT2D eigenvalue weighted by Crippen LogP contribution is 2.19. The fourth-order valence-electron chi connectivity index (χ4n) is 1.34. The highest BCUT2D eigenvalue weighted by Gasteiger charge is 2.17. The molecule has 1 aromatic rings. The Labute approximate surface area is 88.1 Å². The van der Waals surface area contributed by atoms with E-state index in [1.165, 1.54) is 12.1 Å². The third kappa shape index (κ3) is 2.85. The van der Waals surface area contributed by atoms with Crippen LogP contribution in [0.25, 0.3) is 0 Å². The van der Waals surface area contributed by atoms with Crippen LogP contribution in [0, 0.1) is 0 Å². The number of alkyl halides is 2. The molecule has 0 fully saturated rings. The van der Waals surface area contributed by atoms with Gasteiger partial charge in [-0.2, -0.15) is 0 Å². The summed E-state index contributed by atoms with van der Waals surface area (Å²) < 4.78 is 24.2. The molecule has 0 saturated carbocycles. The third-order valence-corrected chi connectivity index (χ3v) is 2.57. The molecule has 0 aliphatic heterocycles. The number of Topliss-reactive ketones (excluding diaryl/α,β-unsaturated/α-hetero) is 1. The topological polar surface area (TPSA) is 17.1 Å². The fraction of sp³-hybridized carbons (Fsp3) is 0.417. The highest BCUT2D eigenvalue weighted by molar-refractivity contribution is 5.98. The van der Waals surface area contributed by atoms with Crippen molar-refractivity contribution in [1.29, 1.82) is 0 Å². The molecule has 3 heteroatoms. The zero-order valence-electron chi connectivity index (χ0n) is 8.84. The van der Waals surface area contributed by atoms with E-state index in [-0.39, 0.29) is 5.56 Å². The van der Waals surface area contributed by atoms with Gasteiger partial charge in [-0.05, 0) is 17.9 Å². The van der Waals surface area contributed by atoms with Crippen molar-refractivity contribution in [2.45, 2.75) is 32.6 Å². The Balaban J connectivity index is 2.85. The monoisotopic (exact) mass is 212 g/mol. The maximum Gasteiger partial charge on any atom is 0.300 e. The summed E-state index contributed by atoms with van der Waals surface area (Å²) in [5, 5.41) is 0. The first kappa shape index (κ1) is 11.8. The Hall–Kier alpha value is -1.25. The summed E-state index contributed by atoms with van der Waals surface area (Å²) in [4.78, 5) is 10.9. The van der Waals surface area contributed by atoms with Gasteiger partial charge in [-0.15, -0.1) is 0 Å². The van der Waals surface area contributed by atoms with Gasteiger partial charge >= 0.3 is 6.43 Å². The summed E-state index contributed by atoms with van der Waals surface area (Å²) in [6.45, 7) is 4.12. The first-order valence-corrected chi connectivity index (χ1v) is 4.98. The first-order valence-electron chi connectivity index (χ1n) is 4.98. The van der Waals surface area contributed by atoms with Gasteiger partial charge < -0.3 is 0 Å². The Kier molecular flexibility index (Phi) is 3.95. The number of carbonyl (C=O) groups excluding carboxylic acids is 1. The second-order valence-electron chi connectivity index (χ2n) is 3.60. The molecule has 1 rings (SSSR count). The van der Waals surface area contributed by atoms with Gasteiger partial charge in [0.15, 0.2) is 0 Å². The molecule has 0 aromatic heterocycles. The normalized spacial score (nSPS) is 12.9. The molecule has 0 unspecified atom stereocenters. The quantitative estimate of drug-likeness (QED) is 0.696. The van der Waals surface area contributed by atoms with E-state index in [4.69, 9.17) is 0 Å². The maximum absolute atomic E-state index is 12.1. The lowest BCUT2D eigenvalue weighted by Gasteiger charge is -2.09. The number of ketones is 1. The maximum atomic E-state index is 12.1. The summed E-state index contributed by atoms with van der Waals surface area (Å²) in [5.74, 6) is -0.716. The lowest BCUT2D eigenvalue weighted by molar-refractivity contribution is 0.0678. The average Bonchev–Trinajstić information content (AvgIpc) is 2.27. The largest absolute Gasteiger partial charge is 0.300 e. The number of halogens is 2. The van der Waals surface area contributed by atoms with Gasteiger partial charge in [0.2, 0.25) is 5.78 Å². The fourth-order valence-corrected chi connectivity index (χ4v) is 1.34. The van der Waals surface area contributed by atoms with E-state index in [1.807, 2.05) is 0 Å². The molecular formula is C12H14F2O. The van der Waals surface area contributed by atoms with Crippen LogP contribution in [0.5, 0.6) is 0 Å². The van der Waals surface area contributed by atoms with E-state index in [9.17, 15) is 13.6 Å². The third-order valence-electron chi connectivity index (χ3n) is 2.57. The molecule has 0 spiro atoms. The Morgan fingerprint density at radius 1 is 1.27 bits per heavy atom. The summed E-state index contributed by atoms with van der Waals surface area (Å²) in [6.07, 6.45) is -1.93. The zero-order chi connectivity index (χ0) is 11.4. The molecule has 1 atom stereocenters. The van der Waals surface area contributed by atoms with Gasteiger partial charge in [0.25, 0.3) is 0 Å². The van der Waals surface area contributed by atoms with E-state index in [0.717, 1.165) is 12.0 Å². The van der Waals surface area contributed by atoms with Gasteiger partial charge in [0, 0.05) is 5.56 Å². The van der Waals surface area contributed by atoms with Crippen LogP contribution in [0.3, 0.4) is 0 Å². The number of benzene rings is 1. The molecule has 0 aliphatic rings. The standard InChI is InChI=1S/C12H14F2O/c1-3-8(2)9-4-6-10(7-5-9)11(15)12(13)14/h4-8,12H,3H2,1-2H3/t8-/m0/s1. The molecule has 0 bridgehead atoms. The van der Waals surface area contributed by atoms with Crippen molar-refractivity contribution in [1.82, 2.24) is 0 Å². The number of hydrogen-bond donors (Lipinski definition) is 0. The average molecular weight is 212 g/mol. The minimum atomic E-state index is -2.92. The minimum absolute atomic E-state index is 0.0806. The van der Waals surface area contributed by atoms with Crippen LogP contribution in [0.15, 0.2) is 24.3 Å². The molecule has 1 nitrogen and oxygen atoms in total. The van der Waals surface area contributed by atoms with Crippen LogP contribution in [-0.2, 0) is 0 Å². The highest BCUT2D eigenvalue weighted by atomic mass is 19.3. The van der Waals surface area contributed by atoms with Crippen LogP contribution >= 0.6 is 0 Å². The number of hydrogen-bond acceptors (Lipinski definition) is 1. The Morgan fingerprint density at radius 3 is 2.20 bits per heavy atom. The van der Waals surface area contributed by atoms with Crippen molar-refractivity contribution in [2.75, 3.05) is 0 Å².